The summed E-state index contributed by atoms with van der Waals surface area (Å²) in [5.41, 5.74) is 1.50. The summed E-state index contributed by atoms with van der Waals surface area (Å²) in [7, 11) is 0. The van der Waals surface area contributed by atoms with Crippen molar-refractivity contribution in [1.29, 1.82) is 0 Å². The number of aryl methyl sites for hydroxylation is 1. The average Bonchev–Trinajstić information content (AvgIpc) is 2.74. The Morgan fingerprint density at radius 1 is 1.35 bits per heavy atom. The Morgan fingerprint density at radius 3 is 2.85 bits per heavy atom. The topological polar surface area (TPSA) is 79.6 Å². The fourth-order valence-electron chi connectivity index (χ4n) is 2.03. The molecular formula is C14H13N3O3. The minimum Gasteiger partial charge on any atom is -0.493 e. The molecule has 3 aromatic rings. The maximum atomic E-state index is 11.4. The van der Waals surface area contributed by atoms with E-state index in [9.17, 15) is 9.90 Å². The summed E-state index contributed by atoms with van der Waals surface area (Å²) in [6.07, 6.45) is 0. The van der Waals surface area contributed by atoms with Crippen molar-refractivity contribution in [2.45, 2.75) is 13.5 Å². The van der Waals surface area contributed by atoms with Gasteiger partial charge in [-0.1, -0.05) is 18.2 Å². The molecule has 0 unspecified atom stereocenters. The Labute approximate surface area is 114 Å². The second kappa shape index (κ2) is 4.73. The minimum absolute atomic E-state index is 0.196. The van der Waals surface area contributed by atoms with Crippen molar-refractivity contribution < 1.29 is 9.84 Å². The van der Waals surface area contributed by atoms with E-state index in [1.54, 1.807) is 6.92 Å². The van der Waals surface area contributed by atoms with Gasteiger partial charge in [0.2, 0.25) is 5.88 Å². The average molecular weight is 271 g/mol. The molecule has 0 spiro atoms. The summed E-state index contributed by atoms with van der Waals surface area (Å²) in [5, 5.41) is 13.9. The summed E-state index contributed by atoms with van der Waals surface area (Å²) in [5.74, 6) is 0.534. The molecule has 3 rings (SSSR count). The predicted molar refractivity (Wildman–Crippen MR) is 73.0 cm³/mol. The van der Waals surface area contributed by atoms with E-state index in [-0.39, 0.29) is 18.0 Å². The zero-order valence-corrected chi connectivity index (χ0v) is 10.8. The van der Waals surface area contributed by atoms with Crippen LogP contribution in [0.4, 0.5) is 0 Å². The molecule has 0 aliphatic carbocycles. The summed E-state index contributed by atoms with van der Waals surface area (Å²) < 4.78 is 6.95. The van der Waals surface area contributed by atoms with Crippen LogP contribution in [0.2, 0.25) is 0 Å². The number of aromatic amines is 1. The van der Waals surface area contributed by atoms with Crippen LogP contribution < -0.4 is 10.3 Å². The van der Waals surface area contributed by atoms with Gasteiger partial charge in [0.05, 0.1) is 17.3 Å². The summed E-state index contributed by atoms with van der Waals surface area (Å²) in [6, 6.07) is 10.4. The van der Waals surface area contributed by atoms with E-state index in [2.05, 4.69) is 10.1 Å². The normalized spacial score (nSPS) is 10.8. The number of nitrogens with zero attached hydrogens (tertiary/aromatic N) is 2. The van der Waals surface area contributed by atoms with Crippen LogP contribution in [-0.4, -0.2) is 19.7 Å². The molecule has 6 nitrogen and oxygen atoms in total. The lowest BCUT2D eigenvalue weighted by Gasteiger charge is -2.05. The van der Waals surface area contributed by atoms with E-state index in [1.165, 1.54) is 4.52 Å². The van der Waals surface area contributed by atoms with Crippen molar-refractivity contribution in [3.05, 3.63) is 58.0 Å². The number of aromatic nitrogens is 3. The van der Waals surface area contributed by atoms with Crippen molar-refractivity contribution in [3.8, 4) is 11.6 Å². The highest BCUT2D eigenvalue weighted by Gasteiger charge is 2.13. The van der Waals surface area contributed by atoms with Crippen molar-refractivity contribution in [2.24, 2.45) is 0 Å². The SMILES string of the molecule is Cc1nn2c(O)cc(=O)[nH]c2c1COc1ccccc1. The number of para-hydroxylation sites is 1. The third-order valence-electron chi connectivity index (χ3n) is 3.03. The van der Waals surface area contributed by atoms with Crippen LogP contribution in [0.3, 0.4) is 0 Å². The first-order valence-electron chi connectivity index (χ1n) is 6.13. The van der Waals surface area contributed by atoms with E-state index < -0.39 is 0 Å². The lowest BCUT2D eigenvalue weighted by molar-refractivity contribution is 0.306. The van der Waals surface area contributed by atoms with Crippen LogP contribution in [0.5, 0.6) is 11.6 Å². The number of nitrogens with one attached hydrogen (secondary N) is 1. The number of benzene rings is 1. The first kappa shape index (κ1) is 12.3. The molecule has 102 valence electrons. The second-order valence-corrected chi connectivity index (χ2v) is 4.42. The number of H-pyrrole nitrogens is 1. The van der Waals surface area contributed by atoms with Crippen molar-refractivity contribution in [2.75, 3.05) is 0 Å². The van der Waals surface area contributed by atoms with Gasteiger partial charge < -0.3 is 14.8 Å². The lowest BCUT2D eigenvalue weighted by atomic mass is 10.2. The largest absolute Gasteiger partial charge is 0.493 e. The van der Waals surface area contributed by atoms with E-state index in [0.717, 1.165) is 17.4 Å². The Morgan fingerprint density at radius 2 is 2.10 bits per heavy atom. The zero-order chi connectivity index (χ0) is 14.1. The quantitative estimate of drug-likeness (QED) is 0.758. The van der Waals surface area contributed by atoms with Gasteiger partial charge in [0, 0.05) is 0 Å². The monoisotopic (exact) mass is 271 g/mol. The van der Waals surface area contributed by atoms with Crippen molar-refractivity contribution >= 4 is 5.65 Å². The molecule has 0 saturated heterocycles. The number of ether oxygens (including phenoxy) is 1. The van der Waals surface area contributed by atoms with Gasteiger partial charge >= 0.3 is 0 Å². The molecule has 6 heteroatoms. The smallest absolute Gasteiger partial charge is 0.254 e. The number of hydrogen-bond acceptors (Lipinski definition) is 4. The lowest BCUT2D eigenvalue weighted by Crippen LogP contribution is -2.08. The molecule has 0 radical (unpaired) electrons. The summed E-state index contributed by atoms with van der Waals surface area (Å²) in [4.78, 5) is 14.1. The molecule has 2 aromatic heterocycles. The molecule has 1 aromatic carbocycles. The molecule has 0 aliphatic rings. The minimum atomic E-state index is -0.379. The van der Waals surface area contributed by atoms with Gasteiger partial charge in [-0.3, -0.25) is 4.79 Å². The number of aromatic hydroxyl groups is 1. The second-order valence-electron chi connectivity index (χ2n) is 4.42. The number of hydrogen-bond donors (Lipinski definition) is 2. The maximum absolute atomic E-state index is 11.4. The van der Waals surface area contributed by atoms with Gasteiger partial charge in [-0.25, -0.2) is 0 Å². The zero-order valence-electron chi connectivity index (χ0n) is 10.8. The van der Waals surface area contributed by atoms with Gasteiger partial charge in [-0.15, -0.1) is 0 Å². The standard InChI is InChI=1S/C14H13N3O3/c1-9-11(8-20-10-5-3-2-4-6-10)14-15-12(18)7-13(19)17(14)16-9/h2-7,19H,8H2,1H3,(H,15,18). The van der Waals surface area contributed by atoms with E-state index in [1.807, 2.05) is 30.3 Å². The third-order valence-corrected chi connectivity index (χ3v) is 3.03. The highest BCUT2D eigenvalue weighted by Crippen LogP contribution is 2.19. The fraction of sp³-hybridized carbons (Fsp3) is 0.143. The molecule has 2 heterocycles. The number of rotatable bonds is 3. The van der Waals surface area contributed by atoms with Crippen LogP contribution in [0.1, 0.15) is 11.3 Å². The van der Waals surface area contributed by atoms with Crippen molar-refractivity contribution in [3.63, 3.8) is 0 Å². The van der Waals surface area contributed by atoms with Gasteiger partial charge in [-0.05, 0) is 19.1 Å². The van der Waals surface area contributed by atoms with Crippen LogP contribution in [0.15, 0.2) is 41.2 Å². The first-order valence-corrected chi connectivity index (χ1v) is 6.13. The molecule has 0 amide bonds. The van der Waals surface area contributed by atoms with Gasteiger partial charge in [-0.2, -0.15) is 9.61 Å². The molecule has 0 saturated carbocycles. The Bertz CT molecular complexity index is 806. The highest BCUT2D eigenvalue weighted by atomic mass is 16.5. The van der Waals surface area contributed by atoms with Crippen LogP contribution in [0.25, 0.3) is 5.65 Å². The summed E-state index contributed by atoms with van der Waals surface area (Å²) >= 11 is 0. The van der Waals surface area contributed by atoms with E-state index >= 15 is 0 Å². The molecular weight excluding hydrogens is 258 g/mol. The molecule has 0 fully saturated rings. The van der Waals surface area contributed by atoms with Crippen LogP contribution in [-0.2, 0) is 6.61 Å². The first-order chi connectivity index (χ1) is 9.65. The molecule has 2 N–H and O–H groups in total. The molecule has 0 aliphatic heterocycles. The van der Waals surface area contributed by atoms with E-state index in [0.29, 0.717) is 11.3 Å². The molecule has 0 bridgehead atoms. The Kier molecular flexibility index (Phi) is 2.90. The fourth-order valence-corrected chi connectivity index (χ4v) is 2.03. The van der Waals surface area contributed by atoms with Gasteiger partial charge in [0.1, 0.15) is 18.0 Å². The van der Waals surface area contributed by atoms with E-state index in [4.69, 9.17) is 4.74 Å². The molecule has 20 heavy (non-hydrogen) atoms. The Balaban J connectivity index is 1.99. The predicted octanol–water partition coefficient (Wildman–Crippen LogP) is 1.62. The highest BCUT2D eigenvalue weighted by molar-refractivity contribution is 5.51. The maximum Gasteiger partial charge on any atom is 0.254 e. The molecule has 0 atom stereocenters. The van der Waals surface area contributed by atoms with Crippen LogP contribution >= 0.6 is 0 Å². The summed E-state index contributed by atoms with van der Waals surface area (Å²) in [6.45, 7) is 2.06. The number of fused-ring (bicyclic) bond motifs is 1. The Hall–Kier alpha value is -2.76. The van der Waals surface area contributed by atoms with Crippen LogP contribution in [0, 0.1) is 6.92 Å². The third kappa shape index (κ3) is 2.11. The van der Waals surface area contributed by atoms with Gasteiger partial charge in [0.25, 0.3) is 5.56 Å². The van der Waals surface area contributed by atoms with Crippen molar-refractivity contribution in [1.82, 2.24) is 14.6 Å². The van der Waals surface area contributed by atoms with Gasteiger partial charge in [0.15, 0.2) is 0 Å².